The number of nitrogens with one attached hydrogen (secondary N) is 1. The summed E-state index contributed by atoms with van der Waals surface area (Å²) in [7, 11) is 1.19. The standard InChI is InChI=1S/C25H22F3NO3/c1-32-24(31)21(16-17-12-14-20(15-13-17)25(26,27)28)29-23(30)22(18-8-4-2-5-9-18)19-10-6-3-7-11-19/h2-15,21-22H,16H2,1H3,(H,29,30)/t21-/m0/s1. The first-order chi connectivity index (χ1) is 15.3. The second kappa shape index (κ2) is 10.1. The van der Waals surface area contributed by atoms with Gasteiger partial charge in [0, 0.05) is 6.42 Å². The van der Waals surface area contributed by atoms with E-state index in [4.69, 9.17) is 4.74 Å². The number of ether oxygens (including phenoxy) is 1. The molecule has 3 aromatic rings. The zero-order chi connectivity index (χ0) is 23.1. The van der Waals surface area contributed by atoms with Crippen LogP contribution in [-0.4, -0.2) is 25.0 Å². The molecule has 1 N–H and O–H groups in total. The third kappa shape index (κ3) is 5.75. The number of esters is 1. The molecule has 0 bridgehead atoms. The Morgan fingerprint density at radius 2 is 1.34 bits per heavy atom. The largest absolute Gasteiger partial charge is 0.467 e. The summed E-state index contributed by atoms with van der Waals surface area (Å²) in [5.74, 6) is -1.76. The number of hydrogen-bond donors (Lipinski definition) is 1. The molecule has 0 aliphatic rings. The van der Waals surface area contributed by atoms with Gasteiger partial charge in [-0.15, -0.1) is 0 Å². The fraction of sp³-hybridized carbons (Fsp3) is 0.200. The third-order valence-electron chi connectivity index (χ3n) is 5.05. The molecule has 32 heavy (non-hydrogen) atoms. The van der Waals surface area contributed by atoms with Crippen molar-refractivity contribution in [2.45, 2.75) is 24.6 Å². The molecule has 0 aliphatic heterocycles. The van der Waals surface area contributed by atoms with E-state index in [9.17, 15) is 22.8 Å². The van der Waals surface area contributed by atoms with Crippen molar-refractivity contribution in [2.75, 3.05) is 7.11 Å². The predicted octanol–water partition coefficient (Wildman–Crippen LogP) is 4.74. The normalized spacial score (nSPS) is 12.3. The van der Waals surface area contributed by atoms with Crippen molar-refractivity contribution < 1.29 is 27.5 Å². The second-order valence-corrected chi connectivity index (χ2v) is 7.24. The van der Waals surface area contributed by atoms with Crippen LogP contribution in [0.25, 0.3) is 0 Å². The highest BCUT2D eigenvalue weighted by Crippen LogP contribution is 2.29. The minimum Gasteiger partial charge on any atom is -0.467 e. The molecule has 4 nitrogen and oxygen atoms in total. The third-order valence-corrected chi connectivity index (χ3v) is 5.05. The van der Waals surface area contributed by atoms with Crippen LogP contribution in [0.15, 0.2) is 84.9 Å². The Bertz CT molecular complexity index is 996. The molecule has 0 saturated heterocycles. The van der Waals surface area contributed by atoms with E-state index >= 15 is 0 Å². The Kier molecular flexibility index (Phi) is 7.30. The summed E-state index contributed by atoms with van der Waals surface area (Å²) in [6, 6.07) is 21.6. The van der Waals surface area contributed by atoms with Gasteiger partial charge in [-0.1, -0.05) is 72.8 Å². The van der Waals surface area contributed by atoms with Crippen LogP contribution in [0.4, 0.5) is 13.2 Å². The Morgan fingerprint density at radius 1 is 0.844 bits per heavy atom. The van der Waals surface area contributed by atoms with Crippen molar-refractivity contribution >= 4 is 11.9 Å². The van der Waals surface area contributed by atoms with Gasteiger partial charge in [-0.2, -0.15) is 13.2 Å². The van der Waals surface area contributed by atoms with Crippen LogP contribution in [0.3, 0.4) is 0 Å². The van der Waals surface area contributed by atoms with Crippen LogP contribution in [0.2, 0.25) is 0 Å². The molecule has 166 valence electrons. The van der Waals surface area contributed by atoms with Crippen molar-refractivity contribution in [3.63, 3.8) is 0 Å². The molecule has 0 spiro atoms. The van der Waals surface area contributed by atoms with E-state index in [0.717, 1.165) is 23.3 Å². The number of hydrogen-bond acceptors (Lipinski definition) is 3. The van der Waals surface area contributed by atoms with E-state index in [0.29, 0.717) is 5.56 Å². The smallest absolute Gasteiger partial charge is 0.416 e. The first kappa shape index (κ1) is 23.1. The first-order valence-corrected chi connectivity index (χ1v) is 9.94. The predicted molar refractivity (Wildman–Crippen MR) is 114 cm³/mol. The van der Waals surface area contributed by atoms with Crippen molar-refractivity contribution in [3.05, 3.63) is 107 Å². The minimum absolute atomic E-state index is 0.00709. The Hall–Kier alpha value is -3.61. The molecule has 0 unspecified atom stereocenters. The number of carbonyl (C=O) groups excluding carboxylic acids is 2. The van der Waals surface area contributed by atoms with E-state index in [1.165, 1.54) is 19.2 Å². The summed E-state index contributed by atoms with van der Waals surface area (Å²) >= 11 is 0. The Labute approximate surface area is 184 Å². The number of rotatable bonds is 7. The highest BCUT2D eigenvalue weighted by Gasteiger charge is 2.31. The first-order valence-electron chi connectivity index (χ1n) is 9.94. The molecular formula is C25H22F3NO3. The number of methoxy groups -OCH3 is 1. The van der Waals surface area contributed by atoms with Gasteiger partial charge in [-0.25, -0.2) is 4.79 Å². The lowest BCUT2D eigenvalue weighted by Crippen LogP contribution is -2.45. The van der Waals surface area contributed by atoms with Gasteiger partial charge in [0.2, 0.25) is 5.91 Å². The average Bonchev–Trinajstić information content (AvgIpc) is 2.79. The van der Waals surface area contributed by atoms with E-state index in [1.807, 2.05) is 60.7 Å². The molecule has 0 heterocycles. The number of halogens is 3. The van der Waals surface area contributed by atoms with Crippen molar-refractivity contribution in [2.24, 2.45) is 0 Å². The molecule has 0 aromatic heterocycles. The van der Waals surface area contributed by atoms with Crippen molar-refractivity contribution in [3.8, 4) is 0 Å². The summed E-state index contributed by atoms with van der Waals surface area (Å²) < 4.78 is 43.3. The maximum absolute atomic E-state index is 13.3. The van der Waals surface area contributed by atoms with Gasteiger partial charge in [-0.3, -0.25) is 4.79 Å². The molecule has 0 radical (unpaired) electrons. The maximum Gasteiger partial charge on any atom is 0.416 e. The molecule has 0 aliphatic carbocycles. The van der Waals surface area contributed by atoms with Crippen molar-refractivity contribution in [1.29, 1.82) is 0 Å². The highest BCUT2D eigenvalue weighted by atomic mass is 19.4. The van der Waals surface area contributed by atoms with E-state index in [2.05, 4.69) is 5.32 Å². The van der Waals surface area contributed by atoms with Crippen LogP contribution in [0.5, 0.6) is 0 Å². The lowest BCUT2D eigenvalue weighted by Gasteiger charge is -2.22. The monoisotopic (exact) mass is 441 g/mol. The van der Waals surface area contributed by atoms with Gasteiger partial charge in [0.1, 0.15) is 6.04 Å². The summed E-state index contributed by atoms with van der Waals surface area (Å²) in [5.41, 5.74) is 1.17. The Balaban J connectivity index is 1.85. The van der Waals surface area contributed by atoms with Crippen LogP contribution >= 0.6 is 0 Å². The summed E-state index contributed by atoms with van der Waals surface area (Å²) in [5, 5.41) is 2.72. The summed E-state index contributed by atoms with van der Waals surface area (Å²) in [6.07, 6.45) is -4.46. The van der Waals surface area contributed by atoms with Gasteiger partial charge < -0.3 is 10.1 Å². The van der Waals surface area contributed by atoms with Gasteiger partial charge in [0.15, 0.2) is 0 Å². The molecule has 1 amide bonds. The fourth-order valence-corrected chi connectivity index (χ4v) is 3.44. The number of amides is 1. The maximum atomic E-state index is 13.3. The highest BCUT2D eigenvalue weighted by molar-refractivity contribution is 5.91. The molecule has 3 aromatic carbocycles. The molecule has 7 heteroatoms. The average molecular weight is 441 g/mol. The zero-order valence-corrected chi connectivity index (χ0v) is 17.3. The topological polar surface area (TPSA) is 55.4 Å². The van der Waals surface area contributed by atoms with Crippen LogP contribution < -0.4 is 5.32 Å². The van der Waals surface area contributed by atoms with Crippen LogP contribution in [-0.2, 0) is 26.9 Å². The number of benzene rings is 3. The molecule has 0 fully saturated rings. The Morgan fingerprint density at radius 3 is 1.78 bits per heavy atom. The number of carbonyl (C=O) groups is 2. The summed E-state index contributed by atoms with van der Waals surface area (Å²) in [6.45, 7) is 0. The molecular weight excluding hydrogens is 419 g/mol. The summed E-state index contributed by atoms with van der Waals surface area (Å²) in [4.78, 5) is 25.6. The lowest BCUT2D eigenvalue weighted by atomic mass is 9.90. The zero-order valence-electron chi connectivity index (χ0n) is 17.3. The number of alkyl halides is 3. The minimum atomic E-state index is -4.45. The fourth-order valence-electron chi connectivity index (χ4n) is 3.44. The molecule has 1 atom stereocenters. The molecule has 0 saturated carbocycles. The van der Waals surface area contributed by atoms with Gasteiger partial charge in [-0.05, 0) is 28.8 Å². The quantitative estimate of drug-likeness (QED) is 0.539. The molecule has 3 rings (SSSR count). The second-order valence-electron chi connectivity index (χ2n) is 7.24. The van der Waals surface area contributed by atoms with E-state index in [1.54, 1.807) is 0 Å². The van der Waals surface area contributed by atoms with Crippen LogP contribution in [0.1, 0.15) is 28.2 Å². The van der Waals surface area contributed by atoms with Gasteiger partial charge in [0.25, 0.3) is 0 Å². The van der Waals surface area contributed by atoms with Gasteiger partial charge >= 0.3 is 12.1 Å². The lowest BCUT2D eigenvalue weighted by molar-refractivity contribution is -0.145. The van der Waals surface area contributed by atoms with Crippen LogP contribution in [0, 0.1) is 0 Å². The van der Waals surface area contributed by atoms with E-state index < -0.39 is 35.6 Å². The van der Waals surface area contributed by atoms with Crippen molar-refractivity contribution in [1.82, 2.24) is 5.32 Å². The SMILES string of the molecule is COC(=O)[C@H](Cc1ccc(C(F)(F)F)cc1)NC(=O)C(c1ccccc1)c1ccccc1. The van der Waals surface area contributed by atoms with E-state index in [-0.39, 0.29) is 6.42 Å². The van der Waals surface area contributed by atoms with Gasteiger partial charge in [0.05, 0.1) is 18.6 Å².